The number of H-pyrrole nitrogens is 1. The van der Waals surface area contributed by atoms with Gasteiger partial charge in [0.25, 0.3) is 5.56 Å². The standard InChI is InChI=1S/C14H23N3O/c1-2-3-7-12-10-13(18)17-14(16-12)15-11-8-5-4-6-9-11/h10-11H,2-9H2,1H3,(H2,15,16,17,18). The summed E-state index contributed by atoms with van der Waals surface area (Å²) in [4.78, 5) is 18.9. The Kier molecular flexibility index (Phi) is 4.79. The number of anilines is 1. The summed E-state index contributed by atoms with van der Waals surface area (Å²) in [6, 6.07) is 2.09. The first-order valence-electron chi connectivity index (χ1n) is 7.14. The van der Waals surface area contributed by atoms with Gasteiger partial charge in [-0.15, -0.1) is 0 Å². The number of nitrogens with zero attached hydrogens (tertiary/aromatic N) is 1. The Morgan fingerprint density at radius 3 is 2.89 bits per heavy atom. The molecule has 1 aromatic heterocycles. The molecule has 0 saturated heterocycles. The predicted octanol–water partition coefficient (Wildman–Crippen LogP) is 2.86. The van der Waals surface area contributed by atoms with E-state index >= 15 is 0 Å². The van der Waals surface area contributed by atoms with E-state index in [4.69, 9.17) is 0 Å². The molecule has 0 aromatic carbocycles. The molecule has 100 valence electrons. The van der Waals surface area contributed by atoms with Crippen molar-refractivity contribution in [1.82, 2.24) is 9.97 Å². The highest BCUT2D eigenvalue weighted by Gasteiger charge is 2.14. The van der Waals surface area contributed by atoms with Crippen molar-refractivity contribution in [3.8, 4) is 0 Å². The van der Waals surface area contributed by atoms with E-state index in [9.17, 15) is 4.79 Å². The van der Waals surface area contributed by atoms with Crippen LogP contribution in [0.15, 0.2) is 10.9 Å². The van der Waals surface area contributed by atoms with Crippen LogP contribution in [0, 0.1) is 0 Å². The monoisotopic (exact) mass is 249 g/mol. The molecule has 1 aliphatic carbocycles. The number of rotatable bonds is 5. The molecule has 0 spiro atoms. The lowest BCUT2D eigenvalue weighted by molar-refractivity contribution is 0.460. The third-order valence-electron chi connectivity index (χ3n) is 3.53. The molecule has 4 nitrogen and oxygen atoms in total. The maximum Gasteiger partial charge on any atom is 0.252 e. The fraction of sp³-hybridized carbons (Fsp3) is 0.714. The van der Waals surface area contributed by atoms with Crippen LogP contribution in [0.3, 0.4) is 0 Å². The Morgan fingerprint density at radius 2 is 2.17 bits per heavy atom. The lowest BCUT2D eigenvalue weighted by Gasteiger charge is -2.23. The van der Waals surface area contributed by atoms with Gasteiger partial charge < -0.3 is 5.32 Å². The van der Waals surface area contributed by atoms with Crippen molar-refractivity contribution in [3.05, 3.63) is 22.1 Å². The fourth-order valence-electron chi connectivity index (χ4n) is 2.50. The van der Waals surface area contributed by atoms with Crippen LogP contribution in [-0.4, -0.2) is 16.0 Å². The number of hydrogen-bond acceptors (Lipinski definition) is 3. The zero-order valence-corrected chi connectivity index (χ0v) is 11.2. The molecule has 1 saturated carbocycles. The molecule has 2 rings (SSSR count). The van der Waals surface area contributed by atoms with E-state index in [0.717, 1.165) is 25.0 Å². The number of aryl methyl sites for hydroxylation is 1. The summed E-state index contributed by atoms with van der Waals surface area (Å²) >= 11 is 0. The molecule has 0 amide bonds. The lowest BCUT2D eigenvalue weighted by Crippen LogP contribution is -2.25. The van der Waals surface area contributed by atoms with Crippen LogP contribution in [0.25, 0.3) is 0 Å². The van der Waals surface area contributed by atoms with Gasteiger partial charge in [-0.25, -0.2) is 4.98 Å². The molecule has 0 radical (unpaired) electrons. The molecule has 1 heterocycles. The number of unbranched alkanes of at least 4 members (excludes halogenated alkanes) is 1. The Balaban J connectivity index is 2.02. The van der Waals surface area contributed by atoms with Crippen molar-refractivity contribution in [2.24, 2.45) is 0 Å². The minimum absolute atomic E-state index is 0.0468. The fourth-order valence-corrected chi connectivity index (χ4v) is 2.50. The van der Waals surface area contributed by atoms with Crippen LogP contribution < -0.4 is 10.9 Å². The van der Waals surface area contributed by atoms with Crippen molar-refractivity contribution in [2.45, 2.75) is 64.3 Å². The van der Waals surface area contributed by atoms with Crippen molar-refractivity contribution < 1.29 is 0 Å². The minimum atomic E-state index is -0.0468. The van der Waals surface area contributed by atoms with Crippen molar-refractivity contribution in [2.75, 3.05) is 5.32 Å². The Morgan fingerprint density at radius 1 is 1.39 bits per heavy atom. The smallest absolute Gasteiger partial charge is 0.252 e. The molecule has 18 heavy (non-hydrogen) atoms. The van der Waals surface area contributed by atoms with E-state index in [0.29, 0.717) is 12.0 Å². The van der Waals surface area contributed by atoms with E-state index in [1.165, 1.54) is 32.1 Å². The average molecular weight is 249 g/mol. The van der Waals surface area contributed by atoms with Crippen LogP contribution in [0.2, 0.25) is 0 Å². The summed E-state index contributed by atoms with van der Waals surface area (Å²) in [6.07, 6.45) is 9.35. The predicted molar refractivity (Wildman–Crippen MR) is 74.0 cm³/mol. The highest BCUT2D eigenvalue weighted by molar-refractivity contribution is 5.27. The molecule has 1 fully saturated rings. The second-order valence-corrected chi connectivity index (χ2v) is 5.17. The maximum absolute atomic E-state index is 11.6. The Hall–Kier alpha value is -1.32. The van der Waals surface area contributed by atoms with E-state index < -0.39 is 0 Å². The van der Waals surface area contributed by atoms with Crippen molar-refractivity contribution in [3.63, 3.8) is 0 Å². The van der Waals surface area contributed by atoms with Gasteiger partial charge in [-0.3, -0.25) is 9.78 Å². The van der Waals surface area contributed by atoms with Crippen LogP contribution in [-0.2, 0) is 6.42 Å². The van der Waals surface area contributed by atoms with E-state index in [2.05, 4.69) is 22.2 Å². The molecule has 0 unspecified atom stereocenters. The number of aromatic amines is 1. The third-order valence-corrected chi connectivity index (χ3v) is 3.53. The summed E-state index contributed by atoms with van der Waals surface area (Å²) in [5.74, 6) is 0.653. The first-order chi connectivity index (χ1) is 8.78. The van der Waals surface area contributed by atoms with Gasteiger partial charge in [0, 0.05) is 17.8 Å². The molecule has 0 bridgehead atoms. The zero-order valence-electron chi connectivity index (χ0n) is 11.2. The summed E-state index contributed by atoms with van der Waals surface area (Å²) in [5.41, 5.74) is 0.855. The summed E-state index contributed by atoms with van der Waals surface area (Å²) < 4.78 is 0. The van der Waals surface area contributed by atoms with Gasteiger partial charge in [0.15, 0.2) is 0 Å². The summed E-state index contributed by atoms with van der Waals surface area (Å²) in [6.45, 7) is 2.15. The molecule has 1 aliphatic rings. The molecule has 1 aromatic rings. The number of aromatic nitrogens is 2. The topological polar surface area (TPSA) is 57.8 Å². The van der Waals surface area contributed by atoms with Gasteiger partial charge in [-0.1, -0.05) is 32.6 Å². The van der Waals surface area contributed by atoms with E-state index in [-0.39, 0.29) is 5.56 Å². The van der Waals surface area contributed by atoms with Crippen molar-refractivity contribution >= 4 is 5.95 Å². The summed E-state index contributed by atoms with van der Waals surface area (Å²) in [7, 11) is 0. The normalized spacial score (nSPS) is 16.7. The largest absolute Gasteiger partial charge is 0.353 e. The average Bonchev–Trinajstić information content (AvgIpc) is 2.37. The SMILES string of the molecule is CCCCc1cc(=O)[nH]c(NC2CCCCC2)n1. The zero-order chi connectivity index (χ0) is 12.8. The molecule has 4 heteroatoms. The quantitative estimate of drug-likeness (QED) is 0.843. The van der Waals surface area contributed by atoms with Gasteiger partial charge in [-0.2, -0.15) is 0 Å². The second-order valence-electron chi connectivity index (χ2n) is 5.17. The summed E-state index contributed by atoms with van der Waals surface area (Å²) in [5, 5.41) is 3.37. The van der Waals surface area contributed by atoms with Gasteiger partial charge in [0.2, 0.25) is 5.95 Å². The lowest BCUT2D eigenvalue weighted by atomic mass is 9.96. The van der Waals surface area contributed by atoms with Gasteiger partial charge in [0.05, 0.1) is 0 Å². The number of hydrogen-bond donors (Lipinski definition) is 2. The van der Waals surface area contributed by atoms with Crippen molar-refractivity contribution in [1.29, 1.82) is 0 Å². The van der Waals surface area contributed by atoms with Gasteiger partial charge >= 0.3 is 0 Å². The van der Waals surface area contributed by atoms with Gasteiger partial charge in [0.1, 0.15) is 0 Å². The minimum Gasteiger partial charge on any atom is -0.353 e. The first-order valence-corrected chi connectivity index (χ1v) is 7.14. The van der Waals surface area contributed by atoms with E-state index in [1.807, 2.05) is 0 Å². The van der Waals surface area contributed by atoms with Crippen LogP contribution in [0.5, 0.6) is 0 Å². The number of nitrogens with one attached hydrogen (secondary N) is 2. The highest BCUT2D eigenvalue weighted by atomic mass is 16.1. The van der Waals surface area contributed by atoms with Crippen LogP contribution in [0.4, 0.5) is 5.95 Å². The third kappa shape index (κ3) is 3.86. The van der Waals surface area contributed by atoms with E-state index in [1.54, 1.807) is 6.07 Å². The molecule has 0 aliphatic heterocycles. The molecular weight excluding hydrogens is 226 g/mol. The highest BCUT2D eigenvalue weighted by Crippen LogP contribution is 2.19. The van der Waals surface area contributed by atoms with Gasteiger partial charge in [-0.05, 0) is 25.7 Å². The molecule has 0 atom stereocenters. The second kappa shape index (κ2) is 6.57. The first kappa shape index (κ1) is 13.1. The van der Waals surface area contributed by atoms with Crippen LogP contribution >= 0.6 is 0 Å². The molecular formula is C14H23N3O. The van der Waals surface area contributed by atoms with Crippen LogP contribution in [0.1, 0.15) is 57.6 Å². The molecule has 2 N–H and O–H groups in total. The Labute approximate surface area is 108 Å². The Bertz CT molecular complexity index is 421. The maximum atomic E-state index is 11.6.